The minimum Gasteiger partial charge on any atom is -0.491 e. The number of aromatic nitrogens is 2. The second-order valence-corrected chi connectivity index (χ2v) is 3.83. The molecule has 0 aliphatic heterocycles. The zero-order valence-corrected chi connectivity index (χ0v) is 10.6. The van der Waals surface area contributed by atoms with Gasteiger partial charge in [0.15, 0.2) is 6.29 Å². The van der Waals surface area contributed by atoms with Gasteiger partial charge in [-0.15, -0.1) is 10.2 Å². The number of carbonyl (C=O) groups is 1. The van der Waals surface area contributed by atoms with Gasteiger partial charge in [-0.2, -0.15) is 0 Å². The van der Waals surface area contributed by atoms with Gasteiger partial charge in [0.25, 0.3) is 0 Å². The molecule has 1 aromatic heterocycles. The summed E-state index contributed by atoms with van der Waals surface area (Å²) < 4.78 is 10.4. The van der Waals surface area contributed by atoms with Crippen LogP contribution in [0.3, 0.4) is 0 Å². The number of methoxy groups -OCH3 is 1. The van der Waals surface area contributed by atoms with Crippen LogP contribution in [0.15, 0.2) is 36.4 Å². The maximum absolute atomic E-state index is 10.5. The number of ether oxygens (including phenoxy) is 2. The molecule has 0 bridgehead atoms. The van der Waals surface area contributed by atoms with Crippen LogP contribution in [-0.4, -0.2) is 36.8 Å². The van der Waals surface area contributed by atoms with E-state index in [0.717, 1.165) is 11.3 Å². The number of benzene rings is 1. The van der Waals surface area contributed by atoms with Gasteiger partial charge in [-0.05, 0) is 36.4 Å². The van der Waals surface area contributed by atoms with Gasteiger partial charge in [-0.25, -0.2) is 0 Å². The Bertz CT molecular complexity index is 523. The number of rotatable bonds is 6. The van der Waals surface area contributed by atoms with E-state index in [2.05, 4.69) is 10.2 Å². The van der Waals surface area contributed by atoms with Crippen LogP contribution in [0, 0.1) is 0 Å². The van der Waals surface area contributed by atoms with E-state index < -0.39 is 0 Å². The lowest BCUT2D eigenvalue weighted by Crippen LogP contribution is -2.03. The van der Waals surface area contributed by atoms with Gasteiger partial charge < -0.3 is 9.47 Å². The second kappa shape index (κ2) is 6.61. The third-order valence-electron chi connectivity index (χ3n) is 2.51. The summed E-state index contributed by atoms with van der Waals surface area (Å²) in [6.45, 7) is 1.07. The van der Waals surface area contributed by atoms with Crippen molar-refractivity contribution in [1.82, 2.24) is 10.2 Å². The van der Waals surface area contributed by atoms with Crippen LogP contribution in [0.25, 0.3) is 11.3 Å². The molecule has 0 aliphatic carbocycles. The fourth-order valence-electron chi connectivity index (χ4n) is 1.52. The highest BCUT2D eigenvalue weighted by molar-refractivity contribution is 5.72. The van der Waals surface area contributed by atoms with Crippen LogP contribution in [0.4, 0.5) is 0 Å². The second-order valence-electron chi connectivity index (χ2n) is 3.83. The molecule has 98 valence electrons. The Balaban J connectivity index is 2.06. The molecule has 0 spiro atoms. The molecule has 0 aliphatic rings. The van der Waals surface area contributed by atoms with Crippen LogP contribution in [-0.2, 0) is 4.74 Å². The molecule has 0 saturated carbocycles. The summed E-state index contributed by atoms with van der Waals surface area (Å²) in [7, 11) is 1.63. The van der Waals surface area contributed by atoms with Crippen molar-refractivity contribution in [2.45, 2.75) is 0 Å². The fraction of sp³-hybridized carbons (Fsp3) is 0.214. The van der Waals surface area contributed by atoms with E-state index >= 15 is 0 Å². The first-order valence-electron chi connectivity index (χ1n) is 5.84. The van der Waals surface area contributed by atoms with Crippen molar-refractivity contribution in [3.8, 4) is 17.0 Å². The lowest BCUT2D eigenvalue weighted by Gasteiger charge is -2.06. The first-order valence-corrected chi connectivity index (χ1v) is 5.84. The summed E-state index contributed by atoms with van der Waals surface area (Å²) in [5.41, 5.74) is 1.96. The van der Waals surface area contributed by atoms with E-state index in [9.17, 15) is 4.79 Å². The smallest absolute Gasteiger partial charge is 0.170 e. The molecule has 0 atom stereocenters. The molecule has 1 aromatic carbocycles. The van der Waals surface area contributed by atoms with E-state index in [1.807, 2.05) is 24.3 Å². The SMILES string of the molecule is COCCOc1ccc(-c2ccc(C=O)nn2)cc1. The Labute approximate surface area is 111 Å². The zero-order chi connectivity index (χ0) is 13.5. The predicted molar refractivity (Wildman–Crippen MR) is 70.2 cm³/mol. The standard InChI is InChI=1S/C14H14N2O3/c1-18-8-9-19-13-5-2-11(3-6-13)14-7-4-12(10-17)15-16-14/h2-7,10H,8-9H2,1H3. The normalized spacial score (nSPS) is 10.2. The van der Waals surface area contributed by atoms with Gasteiger partial charge in [0.05, 0.1) is 12.3 Å². The number of hydrogen-bond donors (Lipinski definition) is 0. The molecule has 19 heavy (non-hydrogen) atoms. The maximum Gasteiger partial charge on any atom is 0.170 e. The Hall–Kier alpha value is -2.27. The van der Waals surface area contributed by atoms with E-state index in [-0.39, 0.29) is 0 Å². The Morgan fingerprint density at radius 3 is 2.42 bits per heavy atom. The molecule has 1 heterocycles. The summed E-state index contributed by atoms with van der Waals surface area (Å²) in [6, 6.07) is 10.9. The van der Waals surface area contributed by atoms with Crippen LogP contribution in [0.5, 0.6) is 5.75 Å². The highest BCUT2D eigenvalue weighted by atomic mass is 16.5. The summed E-state index contributed by atoms with van der Waals surface area (Å²) in [6.07, 6.45) is 0.670. The van der Waals surface area contributed by atoms with Crippen molar-refractivity contribution >= 4 is 6.29 Å². The highest BCUT2D eigenvalue weighted by Crippen LogP contribution is 2.20. The van der Waals surface area contributed by atoms with Crippen molar-refractivity contribution in [3.05, 3.63) is 42.1 Å². The maximum atomic E-state index is 10.5. The van der Waals surface area contributed by atoms with Gasteiger partial charge in [-0.1, -0.05) is 0 Å². The number of hydrogen-bond acceptors (Lipinski definition) is 5. The van der Waals surface area contributed by atoms with Crippen molar-refractivity contribution in [1.29, 1.82) is 0 Å². The van der Waals surface area contributed by atoms with Crippen LogP contribution >= 0.6 is 0 Å². The summed E-state index contributed by atoms with van der Waals surface area (Å²) >= 11 is 0. The molecule has 0 amide bonds. The Morgan fingerprint density at radius 1 is 1.05 bits per heavy atom. The predicted octanol–water partition coefficient (Wildman–Crippen LogP) is 1.98. The lowest BCUT2D eigenvalue weighted by atomic mass is 10.1. The van der Waals surface area contributed by atoms with E-state index in [0.29, 0.717) is 30.9 Å². The zero-order valence-electron chi connectivity index (χ0n) is 10.6. The number of aldehydes is 1. The third kappa shape index (κ3) is 3.59. The molecular weight excluding hydrogens is 244 g/mol. The van der Waals surface area contributed by atoms with Crippen LogP contribution in [0.1, 0.15) is 10.5 Å². The number of nitrogens with zero attached hydrogens (tertiary/aromatic N) is 2. The van der Waals surface area contributed by atoms with Crippen molar-refractivity contribution in [2.24, 2.45) is 0 Å². The third-order valence-corrected chi connectivity index (χ3v) is 2.51. The molecule has 0 N–H and O–H groups in total. The van der Waals surface area contributed by atoms with Gasteiger partial charge in [0.1, 0.15) is 18.1 Å². The molecule has 0 fully saturated rings. The molecule has 2 rings (SSSR count). The Kier molecular flexibility index (Phi) is 4.58. The van der Waals surface area contributed by atoms with Gasteiger partial charge >= 0.3 is 0 Å². The molecule has 0 radical (unpaired) electrons. The quantitative estimate of drug-likeness (QED) is 0.585. The fourth-order valence-corrected chi connectivity index (χ4v) is 1.52. The average Bonchev–Trinajstić information content (AvgIpc) is 2.48. The minimum atomic E-state index is 0.322. The largest absolute Gasteiger partial charge is 0.491 e. The van der Waals surface area contributed by atoms with Gasteiger partial charge in [0.2, 0.25) is 0 Å². The first kappa shape index (κ1) is 13.2. The van der Waals surface area contributed by atoms with Gasteiger partial charge in [-0.3, -0.25) is 4.79 Å². The van der Waals surface area contributed by atoms with Crippen LogP contribution in [0.2, 0.25) is 0 Å². The minimum absolute atomic E-state index is 0.322. The molecule has 0 unspecified atom stereocenters. The average molecular weight is 258 g/mol. The molecule has 5 nitrogen and oxygen atoms in total. The molecular formula is C14H14N2O3. The lowest BCUT2D eigenvalue weighted by molar-refractivity contribution is 0.111. The van der Waals surface area contributed by atoms with E-state index in [4.69, 9.17) is 9.47 Å². The van der Waals surface area contributed by atoms with Crippen molar-refractivity contribution in [3.63, 3.8) is 0 Å². The van der Waals surface area contributed by atoms with E-state index in [1.165, 1.54) is 0 Å². The molecule has 2 aromatic rings. The Morgan fingerprint density at radius 2 is 1.84 bits per heavy atom. The van der Waals surface area contributed by atoms with Crippen LogP contribution < -0.4 is 4.74 Å². The topological polar surface area (TPSA) is 61.3 Å². The van der Waals surface area contributed by atoms with E-state index in [1.54, 1.807) is 19.2 Å². The summed E-state index contributed by atoms with van der Waals surface area (Å²) in [5.74, 6) is 0.776. The highest BCUT2D eigenvalue weighted by Gasteiger charge is 2.01. The van der Waals surface area contributed by atoms with Gasteiger partial charge in [0, 0.05) is 12.7 Å². The molecule has 0 saturated heterocycles. The number of carbonyl (C=O) groups excluding carboxylic acids is 1. The first-order chi connectivity index (χ1) is 9.33. The van der Waals surface area contributed by atoms with Crippen molar-refractivity contribution in [2.75, 3.05) is 20.3 Å². The molecule has 5 heteroatoms. The van der Waals surface area contributed by atoms with Crippen molar-refractivity contribution < 1.29 is 14.3 Å². The summed E-state index contributed by atoms with van der Waals surface area (Å²) in [4.78, 5) is 10.5. The monoisotopic (exact) mass is 258 g/mol. The summed E-state index contributed by atoms with van der Waals surface area (Å²) in [5, 5.41) is 7.77.